The van der Waals surface area contributed by atoms with Crippen LogP contribution in [-0.4, -0.2) is 34.5 Å². The van der Waals surface area contributed by atoms with Crippen LogP contribution in [0.4, 0.5) is 10.1 Å². The van der Waals surface area contributed by atoms with Gasteiger partial charge in [0.1, 0.15) is 6.54 Å². The van der Waals surface area contributed by atoms with Crippen molar-refractivity contribution in [2.45, 2.75) is 13.5 Å². The molecule has 0 bridgehead atoms. The SMILES string of the molecule is CC[n+]1ccc(/C=C/c2ccc(N(C)CCSSCC[I-]C)cc2)cc1F. The molecule has 27 heavy (non-hydrogen) atoms. The van der Waals surface area contributed by atoms with E-state index in [-0.39, 0.29) is 5.95 Å². The molecular formula is C21H28FIN2S2. The maximum absolute atomic E-state index is 13.8. The van der Waals surface area contributed by atoms with Crippen molar-refractivity contribution < 1.29 is 30.2 Å². The third-order valence-corrected chi connectivity index (χ3v) is 8.83. The molecule has 148 valence electrons. The summed E-state index contributed by atoms with van der Waals surface area (Å²) in [6, 6.07) is 12.0. The quantitative estimate of drug-likeness (QED) is 0.112. The molecule has 0 N–H and O–H groups in total. The van der Waals surface area contributed by atoms with Crippen LogP contribution in [0, 0.1) is 5.95 Å². The first-order valence-corrected chi connectivity index (χ1v) is 15.2. The van der Waals surface area contributed by atoms with Crippen LogP contribution < -0.4 is 30.7 Å². The third kappa shape index (κ3) is 8.03. The van der Waals surface area contributed by atoms with E-state index >= 15 is 0 Å². The summed E-state index contributed by atoms with van der Waals surface area (Å²) in [6.07, 6.45) is 5.76. The fourth-order valence-electron chi connectivity index (χ4n) is 2.44. The number of aromatic nitrogens is 1. The second-order valence-corrected chi connectivity index (χ2v) is 11.3. The van der Waals surface area contributed by atoms with Crippen molar-refractivity contribution in [2.75, 3.05) is 39.4 Å². The molecular weight excluding hydrogens is 490 g/mol. The number of nitrogens with zero attached hydrogens (tertiary/aromatic N) is 2. The number of pyridine rings is 1. The maximum atomic E-state index is 13.8. The van der Waals surface area contributed by atoms with Crippen molar-refractivity contribution in [3.8, 4) is 0 Å². The first-order valence-electron chi connectivity index (χ1n) is 9.00. The average molecular weight is 519 g/mol. The Morgan fingerprint density at radius 1 is 1.07 bits per heavy atom. The number of hydrogen-bond acceptors (Lipinski definition) is 3. The van der Waals surface area contributed by atoms with Crippen molar-refractivity contribution in [3.63, 3.8) is 0 Å². The molecule has 0 saturated carbocycles. The molecule has 0 saturated heterocycles. The summed E-state index contributed by atoms with van der Waals surface area (Å²) >= 11 is 0.440. The van der Waals surface area contributed by atoms with Gasteiger partial charge in [-0.15, -0.1) is 4.39 Å². The second-order valence-electron chi connectivity index (χ2n) is 6.02. The van der Waals surface area contributed by atoms with Gasteiger partial charge in [0.05, 0.1) is 0 Å². The molecule has 2 nitrogen and oxygen atoms in total. The van der Waals surface area contributed by atoms with E-state index < -0.39 is 0 Å². The van der Waals surface area contributed by atoms with E-state index in [4.69, 9.17) is 0 Å². The van der Waals surface area contributed by atoms with Gasteiger partial charge in [0.25, 0.3) is 0 Å². The number of benzene rings is 1. The van der Waals surface area contributed by atoms with Crippen LogP contribution in [0.1, 0.15) is 18.1 Å². The minimum Gasteiger partial charge on any atom is -0.136 e. The predicted octanol–water partition coefficient (Wildman–Crippen LogP) is 1.84. The van der Waals surface area contributed by atoms with Crippen molar-refractivity contribution in [1.82, 2.24) is 0 Å². The number of hydrogen-bond donors (Lipinski definition) is 0. The summed E-state index contributed by atoms with van der Waals surface area (Å²) in [6.45, 7) is 3.62. The zero-order valence-corrected chi connectivity index (χ0v) is 20.0. The molecule has 0 aliphatic heterocycles. The molecule has 0 aliphatic carbocycles. The molecule has 1 aromatic carbocycles. The molecule has 6 heteroatoms. The number of halogens is 2. The number of aryl methyl sites for hydroxylation is 1. The number of alkyl halides is 2. The minimum absolute atomic E-state index is 0.205. The molecule has 1 heterocycles. The molecule has 0 unspecified atom stereocenters. The largest absolute Gasteiger partial charge is 0.360 e. The summed E-state index contributed by atoms with van der Waals surface area (Å²) in [5.41, 5.74) is 3.22. The van der Waals surface area contributed by atoms with Gasteiger partial charge in [0, 0.05) is 12.1 Å². The van der Waals surface area contributed by atoms with E-state index in [2.05, 4.69) is 41.1 Å². The Bertz CT molecular complexity index is 723. The van der Waals surface area contributed by atoms with Gasteiger partial charge in [-0.3, -0.25) is 0 Å². The summed E-state index contributed by atoms with van der Waals surface area (Å²) in [7, 11) is 6.13. The van der Waals surface area contributed by atoms with Crippen LogP contribution in [0.25, 0.3) is 12.2 Å². The van der Waals surface area contributed by atoms with Crippen LogP contribution in [0.2, 0.25) is 0 Å². The molecule has 0 amide bonds. The van der Waals surface area contributed by atoms with Gasteiger partial charge >= 0.3 is 130 Å². The Kier molecular flexibility index (Phi) is 10.6. The standard InChI is InChI=1S/C21H28FIN2S2/c1-4-25-13-11-19(17-21(25)22)6-5-18-7-9-20(10-8-18)24(3)14-16-27-26-15-12-23-2/h5-11,13,17H,4,12,14-16H2,1-3H3. The normalized spacial score (nSPS) is 11.4. The molecule has 0 fully saturated rings. The van der Waals surface area contributed by atoms with Crippen LogP contribution in [0.15, 0.2) is 42.6 Å². The van der Waals surface area contributed by atoms with Gasteiger partial charge in [-0.05, 0) is 12.5 Å². The van der Waals surface area contributed by atoms with Gasteiger partial charge in [-0.2, -0.15) is 4.57 Å². The molecule has 2 aromatic rings. The summed E-state index contributed by atoms with van der Waals surface area (Å²) in [5, 5.41) is 0. The Morgan fingerprint density at radius 2 is 1.78 bits per heavy atom. The van der Waals surface area contributed by atoms with Gasteiger partial charge in [0.15, 0.2) is 6.20 Å². The van der Waals surface area contributed by atoms with Crippen LogP contribution in [0.5, 0.6) is 0 Å². The van der Waals surface area contributed by atoms with Crippen LogP contribution in [-0.2, 0) is 6.54 Å². The average Bonchev–Trinajstić information content (AvgIpc) is 2.69. The molecule has 2 rings (SSSR count). The summed E-state index contributed by atoms with van der Waals surface area (Å²) in [5.74, 6) is 2.23. The monoisotopic (exact) mass is 518 g/mol. The maximum Gasteiger partial charge on any atom is 0.360 e. The fourth-order valence-corrected chi connectivity index (χ4v) is 7.30. The smallest absolute Gasteiger partial charge is 0.136 e. The Labute approximate surface area is 181 Å². The van der Waals surface area contributed by atoms with Crippen LogP contribution >= 0.6 is 21.6 Å². The molecule has 0 radical (unpaired) electrons. The Balaban J connectivity index is 1.84. The molecule has 0 spiro atoms. The zero-order valence-electron chi connectivity index (χ0n) is 16.2. The van der Waals surface area contributed by atoms with Crippen molar-refractivity contribution >= 4 is 39.4 Å². The van der Waals surface area contributed by atoms with Gasteiger partial charge < -0.3 is 0 Å². The number of rotatable bonds is 11. The molecule has 0 atom stereocenters. The first-order chi connectivity index (χ1) is 13.1. The van der Waals surface area contributed by atoms with Crippen molar-refractivity contribution in [3.05, 3.63) is 59.7 Å². The van der Waals surface area contributed by atoms with Gasteiger partial charge in [-0.25, -0.2) is 0 Å². The Morgan fingerprint density at radius 3 is 2.44 bits per heavy atom. The molecule has 1 aromatic heterocycles. The van der Waals surface area contributed by atoms with E-state index in [0.29, 0.717) is 27.7 Å². The Hall–Kier alpha value is -0.730. The first kappa shape index (κ1) is 22.6. The topological polar surface area (TPSA) is 7.12 Å². The van der Waals surface area contributed by atoms with Crippen molar-refractivity contribution in [1.29, 1.82) is 0 Å². The van der Waals surface area contributed by atoms with Crippen molar-refractivity contribution in [2.24, 2.45) is 0 Å². The molecule has 0 aliphatic rings. The van der Waals surface area contributed by atoms with E-state index in [1.54, 1.807) is 16.8 Å². The third-order valence-electron chi connectivity index (χ3n) is 4.09. The van der Waals surface area contributed by atoms with Gasteiger partial charge in [-0.1, -0.05) is 6.08 Å². The second kappa shape index (κ2) is 12.7. The van der Waals surface area contributed by atoms with E-state index in [0.717, 1.165) is 23.4 Å². The summed E-state index contributed by atoms with van der Waals surface area (Å²) in [4.78, 5) is 4.64. The summed E-state index contributed by atoms with van der Waals surface area (Å²) < 4.78 is 16.8. The van der Waals surface area contributed by atoms with E-state index in [9.17, 15) is 4.39 Å². The van der Waals surface area contributed by atoms with Crippen LogP contribution in [0.3, 0.4) is 0 Å². The predicted molar refractivity (Wildman–Crippen MR) is 117 cm³/mol. The van der Waals surface area contributed by atoms with E-state index in [1.807, 2.05) is 46.7 Å². The number of anilines is 1. The van der Waals surface area contributed by atoms with Gasteiger partial charge in [0.2, 0.25) is 0 Å². The minimum atomic E-state index is -0.205. The fraction of sp³-hybridized carbons (Fsp3) is 0.381. The van der Waals surface area contributed by atoms with E-state index in [1.165, 1.54) is 15.9 Å². The zero-order chi connectivity index (χ0) is 19.5.